The fourth-order valence-corrected chi connectivity index (χ4v) is 2.23. The molecule has 0 radical (unpaired) electrons. The number of nitrogens with zero attached hydrogens (tertiary/aromatic N) is 4. The number of aromatic nitrogens is 4. The van der Waals surface area contributed by atoms with Crippen LogP contribution >= 0.6 is 0 Å². The van der Waals surface area contributed by atoms with E-state index in [1.807, 2.05) is 24.0 Å². The van der Waals surface area contributed by atoms with Crippen molar-refractivity contribution in [2.45, 2.75) is 18.9 Å². The molecule has 1 N–H and O–H groups in total. The summed E-state index contributed by atoms with van der Waals surface area (Å²) >= 11 is 0. The molecule has 1 saturated heterocycles. The number of aryl methyl sites for hydroxylation is 1. The van der Waals surface area contributed by atoms with Crippen molar-refractivity contribution in [1.82, 2.24) is 25.1 Å². The van der Waals surface area contributed by atoms with E-state index in [1.165, 1.54) is 6.42 Å². The normalized spacial score (nSPS) is 19.7. The van der Waals surface area contributed by atoms with E-state index >= 15 is 0 Å². The van der Waals surface area contributed by atoms with Crippen molar-refractivity contribution in [3.8, 4) is 11.4 Å². The summed E-state index contributed by atoms with van der Waals surface area (Å²) in [4.78, 5) is 8.95. The Balaban J connectivity index is 1.96. The van der Waals surface area contributed by atoms with Crippen LogP contribution in [0.2, 0.25) is 0 Å². The Hall–Kier alpha value is -1.75. The second-order valence-electron chi connectivity index (χ2n) is 4.32. The third kappa shape index (κ3) is 1.93. The highest BCUT2D eigenvalue weighted by Gasteiger charge is 2.18. The second kappa shape index (κ2) is 4.25. The molecule has 0 aliphatic carbocycles. The molecule has 0 amide bonds. The molecule has 88 valence electrons. The first-order valence-electron chi connectivity index (χ1n) is 5.88. The Kier molecular flexibility index (Phi) is 2.60. The summed E-state index contributed by atoms with van der Waals surface area (Å²) in [6.45, 7) is 1.07. The summed E-state index contributed by atoms with van der Waals surface area (Å²) in [5.41, 5.74) is 2.91. The monoisotopic (exact) mass is 229 g/mol. The zero-order valence-corrected chi connectivity index (χ0v) is 9.80. The summed E-state index contributed by atoms with van der Waals surface area (Å²) in [5.74, 6) is 0. The molecule has 17 heavy (non-hydrogen) atoms. The minimum atomic E-state index is 0.357. The van der Waals surface area contributed by atoms with E-state index in [1.54, 1.807) is 12.4 Å². The van der Waals surface area contributed by atoms with Gasteiger partial charge in [0.15, 0.2) is 0 Å². The quantitative estimate of drug-likeness (QED) is 0.843. The van der Waals surface area contributed by atoms with Crippen molar-refractivity contribution in [2.24, 2.45) is 7.05 Å². The fraction of sp³-hybridized carbons (Fsp3) is 0.417. The summed E-state index contributed by atoms with van der Waals surface area (Å²) in [5, 5.41) is 7.59. The second-order valence-corrected chi connectivity index (χ2v) is 4.32. The Labute approximate surface area is 99.9 Å². The topological polar surface area (TPSA) is 55.6 Å². The molecule has 3 heterocycles. The molecular formula is C12H15N5. The van der Waals surface area contributed by atoms with Crippen LogP contribution in [0.25, 0.3) is 11.4 Å². The zero-order valence-electron chi connectivity index (χ0n) is 9.80. The molecule has 1 aliphatic heterocycles. The van der Waals surface area contributed by atoms with Crippen molar-refractivity contribution < 1.29 is 0 Å². The molecule has 2 aromatic heterocycles. The van der Waals surface area contributed by atoms with E-state index in [9.17, 15) is 0 Å². The molecule has 3 rings (SSSR count). The lowest BCUT2D eigenvalue weighted by molar-refractivity contribution is 0.624. The smallest absolute Gasteiger partial charge is 0.107 e. The molecular weight excluding hydrogens is 214 g/mol. The molecule has 0 spiro atoms. The maximum atomic E-state index is 4.67. The first kappa shape index (κ1) is 10.4. The van der Waals surface area contributed by atoms with Crippen LogP contribution in [0.3, 0.4) is 0 Å². The standard InChI is InChI=1S/C12H15N5/c1-17-12(4-6-15-17)11-8-13-7-10(16-11)9-3-2-5-14-9/h4,6-9,14H,2-3,5H2,1H3. The fourth-order valence-electron chi connectivity index (χ4n) is 2.23. The van der Waals surface area contributed by atoms with Gasteiger partial charge in [-0.1, -0.05) is 0 Å². The van der Waals surface area contributed by atoms with Gasteiger partial charge >= 0.3 is 0 Å². The van der Waals surface area contributed by atoms with Crippen LogP contribution in [0.1, 0.15) is 24.6 Å². The Bertz CT molecular complexity index is 513. The summed E-state index contributed by atoms with van der Waals surface area (Å²) in [6, 6.07) is 2.31. The average molecular weight is 229 g/mol. The lowest BCUT2D eigenvalue weighted by Crippen LogP contribution is -2.14. The molecule has 1 fully saturated rings. The maximum Gasteiger partial charge on any atom is 0.107 e. The molecule has 0 saturated carbocycles. The van der Waals surface area contributed by atoms with Gasteiger partial charge in [-0.3, -0.25) is 9.67 Å². The molecule has 5 nitrogen and oxygen atoms in total. The van der Waals surface area contributed by atoms with Gasteiger partial charge in [-0.15, -0.1) is 0 Å². The van der Waals surface area contributed by atoms with Crippen molar-refractivity contribution in [1.29, 1.82) is 0 Å². The molecule has 1 atom stereocenters. The highest BCUT2D eigenvalue weighted by atomic mass is 15.3. The van der Waals surface area contributed by atoms with E-state index in [-0.39, 0.29) is 0 Å². The first-order chi connectivity index (χ1) is 8.34. The van der Waals surface area contributed by atoms with Gasteiger partial charge in [0.1, 0.15) is 5.69 Å². The summed E-state index contributed by atoms with van der Waals surface area (Å²) in [7, 11) is 1.91. The van der Waals surface area contributed by atoms with Crippen molar-refractivity contribution in [3.05, 3.63) is 30.4 Å². The molecule has 5 heteroatoms. The molecule has 2 aromatic rings. The first-order valence-corrected chi connectivity index (χ1v) is 5.88. The van der Waals surface area contributed by atoms with E-state index in [0.29, 0.717) is 6.04 Å². The summed E-state index contributed by atoms with van der Waals surface area (Å²) < 4.78 is 1.82. The number of rotatable bonds is 2. The minimum absolute atomic E-state index is 0.357. The Morgan fingerprint density at radius 3 is 3.06 bits per heavy atom. The highest BCUT2D eigenvalue weighted by molar-refractivity contribution is 5.52. The van der Waals surface area contributed by atoms with Crippen LogP contribution in [-0.4, -0.2) is 26.3 Å². The Morgan fingerprint density at radius 1 is 1.41 bits per heavy atom. The van der Waals surface area contributed by atoms with Crippen LogP contribution in [0, 0.1) is 0 Å². The van der Waals surface area contributed by atoms with Crippen molar-refractivity contribution in [3.63, 3.8) is 0 Å². The predicted molar refractivity (Wildman–Crippen MR) is 64.2 cm³/mol. The van der Waals surface area contributed by atoms with E-state index in [2.05, 4.69) is 20.4 Å². The van der Waals surface area contributed by atoms with Crippen LogP contribution in [0.4, 0.5) is 0 Å². The molecule has 1 unspecified atom stereocenters. The third-order valence-corrected chi connectivity index (χ3v) is 3.15. The number of nitrogens with one attached hydrogen (secondary N) is 1. The molecule has 0 bridgehead atoms. The van der Waals surface area contributed by atoms with Crippen LogP contribution in [-0.2, 0) is 7.05 Å². The van der Waals surface area contributed by atoms with Gasteiger partial charge < -0.3 is 5.32 Å². The van der Waals surface area contributed by atoms with E-state index < -0.39 is 0 Å². The minimum Gasteiger partial charge on any atom is -0.309 e. The van der Waals surface area contributed by atoms with Gasteiger partial charge in [-0.25, -0.2) is 4.98 Å². The van der Waals surface area contributed by atoms with Crippen LogP contribution in [0.15, 0.2) is 24.7 Å². The Morgan fingerprint density at radius 2 is 2.35 bits per heavy atom. The van der Waals surface area contributed by atoms with Crippen molar-refractivity contribution in [2.75, 3.05) is 6.54 Å². The van der Waals surface area contributed by atoms with Gasteiger partial charge in [0.25, 0.3) is 0 Å². The largest absolute Gasteiger partial charge is 0.309 e. The lowest BCUT2D eigenvalue weighted by atomic mass is 10.1. The third-order valence-electron chi connectivity index (χ3n) is 3.15. The number of hydrogen-bond acceptors (Lipinski definition) is 4. The lowest BCUT2D eigenvalue weighted by Gasteiger charge is -2.10. The van der Waals surface area contributed by atoms with Crippen LogP contribution < -0.4 is 5.32 Å². The predicted octanol–water partition coefficient (Wildman–Crippen LogP) is 1.30. The summed E-state index contributed by atoms with van der Waals surface area (Å²) in [6.07, 6.45) is 7.77. The van der Waals surface area contributed by atoms with Gasteiger partial charge in [-0.05, 0) is 25.5 Å². The average Bonchev–Trinajstić information content (AvgIpc) is 2.99. The van der Waals surface area contributed by atoms with E-state index in [0.717, 1.165) is 30.0 Å². The van der Waals surface area contributed by atoms with Crippen LogP contribution in [0.5, 0.6) is 0 Å². The van der Waals surface area contributed by atoms with Gasteiger partial charge in [0.05, 0.1) is 29.8 Å². The number of hydrogen-bond donors (Lipinski definition) is 1. The SMILES string of the molecule is Cn1nccc1-c1cncc(C2CCCN2)n1. The van der Waals surface area contributed by atoms with Gasteiger partial charge in [0.2, 0.25) is 0 Å². The highest BCUT2D eigenvalue weighted by Crippen LogP contribution is 2.23. The van der Waals surface area contributed by atoms with Crippen molar-refractivity contribution >= 4 is 0 Å². The van der Waals surface area contributed by atoms with E-state index in [4.69, 9.17) is 0 Å². The maximum absolute atomic E-state index is 4.67. The van der Waals surface area contributed by atoms with Gasteiger partial charge in [0, 0.05) is 13.2 Å². The zero-order chi connectivity index (χ0) is 11.7. The van der Waals surface area contributed by atoms with Gasteiger partial charge in [-0.2, -0.15) is 5.10 Å². The molecule has 0 aromatic carbocycles. The molecule has 1 aliphatic rings.